The van der Waals surface area contributed by atoms with Crippen molar-refractivity contribution in [2.75, 3.05) is 17.2 Å². The van der Waals surface area contributed by atoms with Gasteiger partial charge in [-0.2, -0.15) is 0 Å². The minimum Gasteiger partial charge on any atom is -0.399 e. The van der Waals surface area contributed by atoms with Gasteiger partial charge in [0.2, 0.25) is 0 Å². The Hall–Kier alpha value is -2.29. The van der Waals surface area contributed by atoms with Crippen LogP contribution in [0, 0.1) is 6.92 Å². The van der Waals surface area contributed by atoms with Gasteiger partial charge in [-0.25, -0.2) is 0 Å². The lowest BCUT2D eigenvalue weighted by atomic mass is 10.1. The number of nitrogens with zero attached hydrogens (tertiary/aromatic N) is 1. The smallest absolute Gasteiger partial charge is 0.258 e. The number of benzene rings is 2. The maximum atomic E-state index is 12.6. The second-order valence-corrected chi connectivity index (χ2v) is 4.46. The lowest BCUT2D eigenvalue weighted by Gasteiger charge is -2.22. The van der Waals surface area contributed by atoms with Gasteiger partial charge >= 0.3 is 0 Å². The number of anilines is 2. The molecule has 3 heteroatoms. The van der Waals surface area contributed by atoms with Crippen molar-refractivity contribution in [3.05, 3.63) is 59.7 Å². The van der Waals surface area contributed by atoms with Gasteiger partial charge in [-0.1, -0.05) is 18.2 Å². The molecule has 0 saturated heterocycles. The zero-order valence-corrected chi connectivity index (χ0v) is 11.3. The molecule has 0 aromatic heterocycles. The van der Waals surface area contributed by atoms with E-state index in [1.165, 1.54) is 0 Å². The lowest BCUT2D eigenvalue weighted by molar-refractivity contribution is 0.0988. The van der Waals surface area contributed by atoms with Crippen molar-refractivity contribution in [3.8, 4) is 0 Å². The van der Waals surface area contributed by atoms with Crippen molar-refractivity contribution < 1.29 is 4.79 Å². The molecular formula is C16H18N2O. The number of para-hydroxylation sites is 1. The van der Waals surface area contributed by atoms with Crippen LogP contribution in [0.25, 0.3) is 0 Å². The number of hydrogen-bond donors (Lipinski definition) is 1. The topological polar surface area (TPSA) is 46.3 Å². The van der Waals surface area contributed by atoms with Crippen LogP contribution >= 0.6 is 0 Å². The molecule has 2 N–H and O–H groups in total. The molecule has 3 nitrogen and oxygen atoms in total. The highest BCUT2D eigenvalue weighted by Gasteiger charge is 2.17. The van der Waals surface area contributed by atoms with Crippen LogP contribution in [0.3, 0.4) is 0 Å². The number of nitrogens with two attached hydrogens (primary N) is 1. The fourth-order valence-corrected chi connectivity index (χ4v) is 2.12. The molecule has 0 unspecified atom stereocenters. The molecule has 0 atom stereocenters. The van der Waals surface area contributed by atoms with E-state index in [-0.39, 0.29) is 5.91 Å². The number of nitrogen functional groups attached to an aromatic ring is 1. The van der Waals surface area contributed by atoms with Crippen molar-refractivity contribution in [1.82, 2.24) is 0 Å². The largest absolute Gasteiger partial charge is 0.399 e. The summed E-state index contributed by atoms with van der Waals surface area (Å²) in [4.78, 5) is 14.4. The van der Waals surface area contributed by atoms with Crippen LogP contribution < -0.4 is 10.6 Å². The monoisotopic (exact) mass is 254 g/mol. The zero-order valence-electron chi connectivity index (χ0n) is 11.3. The molecule has 0 aliphatic rings. The third-order valence-corrected chi connectivity index (χ3v) is 3.11. The van der Waals surface area contributed by atoms with E-state index in [1.54, 1.807) is 17.0 Å². The first-order valence-corrected chi connectivity index (χ1v) is 6.36. The molecule has 0 aliphatic heterocycles. The van der Waals surface area contributed by atoms with Crippen LogP contribution in [0.2, 0.25) is 0 Å². The molecule has 2 rings (SSSR count). The Balaban J connectivity index is 2.36. The molecule has 0 radical (unpaired) electrons. The maximum absolute atomic E-state index is 12.6. The van der Waals surface area contributed by atoms with E-state index < -0.39 is 0 Å². The number of rotatable bonds is 3. The van der Waals surface area contributed by atoms with Crippen molar-refractivity contribution in [2.45, 2.75) is 13.8 Å². The molecule has 0 fully saturated rings. The Morgan fingerprint density at radius 2 is 1.84 bits per heavy atom. The number of amides is 1. The summed E-state index contributed by atoms with van der Waals surface area (Å²) in [6.45, 7) is 4.51. The first-order valence-electron chi connectivity index (χ1n) is 6.36. The second kappa shape index (κ2) is 5.57. The molecule has 0 spiro atoms. The molecule has 0 heterocycles. The fraction of sp³-hybridized carbons (Fsp3) is 0.188. The summed E-state index contributed by atoms with van der Waals surface area (Å²) in [6.07, 6.45) is 0. The fourth-order valence-electron chi connectivity index (χ4n) is 2.12. The number of carbonyl (C=O) groups excluding carboxylic acids is 1. The van der Waals surface area contributed by atoms with Gasteiger partial charge in [0.25, 0.3) is 5.91 Å². The van der Waals surface area contributed by atoms with E-state index in [2.05, 4.69) is 0 Å². The lowest BCUT2D eigenvalue weighted by Crippen LogP contribution is -2.31. The van der Waals surface area contributed by atoms with Gasteiger partial charge in [0.1, 0.15) is 0 Å². The summed E-state index contributed by atoms with van der Waals surface area (Å²) in [5.41, 5.74) is 8.91. The zero-order chi connectivity index (χ0) is 13.8. The van der Waals surface area contributed by atoms with Crippen molar-refractivity contribution in [2.24, 2.45) is 0 Å². The van der Waals surface area contributed by atoms with Gasteiger partial charge < -0.3 is 10.6 Å². The van der Waals surface area contributed by atoms with Crippen LogP contribution in [0.15, 0.2) is 48.5 Å². The van der Waals surface area contributed by atoms with E-state index in [0.717, 1.165) is 11.3 Å². The van der Waals surface area contributed by atoms with Crippen LogP contribution in [-0.4, -0.2) is 12.5 Å². The normalized spacial score (nSPS) is 10.2. The third kappa shape index (κ3) is 2.76. The van der Waals surface area contributed by atoms with Gasteiger partial charge in [-0.15, -0.1) is 0 Å². The summed E-state index contributed by atoms with van der Waals surface area (Å²) in [6, 6.07) is 15.1. The first kappa shape index (κ1) is 13.1. The second-order valence-electron chi connectivity index (χ2n) is 4.46. The molecule has 0 bridgehead atoms. The Morgan fingerprint density at radius 3 is 2.42 bits per heavy atom. The van der Waals surface area contributed by atoms with Crippen molar-refractivity contribution in [3.63, 3.8) is 0 Å². The van der Waals surface area contributed by atoms with Crippen molar-refractivity contribution >= 4 is 17.3 Å². The molecule has 19 heavy (non-hydrogen) atoms. The maximum Gasteiger partial charge on any atom is 0.258 e. The highest BCUT2D eigenvalue weighted by atomic mass is 16.2. The minimum atomic E-state index is 0.00574. The van der Waals surface area contributed by atoms with Gasteiger partial charge in [0.15, 0.2) is 0 Å². The molecule has 0 aliphatic carbocycles. The van der Waals surface area contributed by atoms with Crippen LogP contribution in [0.5, 0.6) is 0 Å². The highest BCUT2D eigenvalue weighted by Crippen LogP contribution is 2.19. The summed E-state index contributed by atoms with van der Waals surface area (Å²) >= 11 is 0. The summed E-state index contributed by atoms with van der Waals surface area (Å²) in [5.74, 6) is 0.00574. The van der Waals surface area contributed by atoms with Gasteiger partial charge in [0.05, 0.1) is 0 Å². The molecular weight excluding hydrogens is 236 g/mol. The Bertz CT molecular complexity index is 579. The average molecular weight is 254 g/mol. The predicted octanol–water partition coefficient (Wildman–Crippen LogP) is 3.24. The summed E-state index contributed by atoms with van der Waals surface area (Å²) in [7, 11) is 0. The number of carbonyl (C=O) groups is 1. The predicted molar refractivity (Wildman–Crippen MR) is 79.4 cm³/mol. The standard InChI is InChI=1S/C16H18N2O/c1-3-18(14-7-5-4-6-8-14)16(19)15-10-9-13(17)11-12(15)2/h4-11H,3,17H2,1-2H3. The SMILES string of the molecule is CCN(C(=O)c1ccc(N)cc1C)c1ccccc1. The highest BCUT2D eigenvalue weighted by molar-refractivity contribution is 6.07. The van der Waals surface area contributed by atoms with Crippen LogP contribution in [-0.2, 0) is 0 Å². The number of aryl methyl sites for hydroxylation is 1. The van der Waals surface area contributed by atoms with Gasteiger partial charge in [0, 0.05) is 23.5 Å². The Kier molecular flexibility index (Phi) is 3.85. The van der Waals surface area contributed by atoms with Gasteiger partial charge in [-0.3, -0.25) is 4.79 Å². The Labute approximate surface area is 113 Å². The van der Waals surface area contributed by atoms with E-state index >= 15 is 0 Å². The van der Waals surface area contributed by atoms with E-state index in [0.29, 0.717) is 17.8 Å². The molecule has 2 aromatic rings. The average Bonchev–Trinajstić information content (AvgIpc) is 2.40. The summed E-state index contributed by atoms with van der Waals surface area (Å²) in [5, 5.41) is 0. The number of hydrogen-bond acceptors (Lipinski definition) is 2. The van der Waals surface area contributed by atoms with Crippen LogP contribution in [0.4, 0.5) is 11.4 Å². The first-order chi connectivity index (χ1) is 9.13. The van der Waals surface area contributed by atoms with Crippen LogP contribution in [0.1, 0.15) is 22.8 Å². The quantitative estimate of drug-likeness (QED) is 0.855. The molecule has 2 aromatic carbocycles. The molecule has 0 saturated carbocycles. The van der Waals surface area contributed by atoms with Crippen molar-refractivity contribution in [1.29, 1.82) is 0 Å². The van der Waals surface area contributed by atoms with Gasteiger partial charge in [-0.05, 0) is 49.7 Å². The Morgan fingerprint density at radius 1 is 1.16 bits per heavy atom. The van der Waals surface area contributed by atoms with E-state index in [9.17, 15) is 4.79 Å². The molecule has 98 valence electrons. The summed E-state index contributed by atoms with van der Waals surface area (Å²) < 4.78 is 0. The molecule has 1 amide bonds. The van der Waals surface area contributed by atoms with E-state index in [1.807, 2.05) is 50.2 Å². The minimum absolute atomic E-state index is 0.00574. The van der Waals surface area contributed by atoms with E-state index in [4.69, 9.17) is 5.73 Å². The third-order valence-electron chi connectivity index (χ3n) is 3.11.